The molecule has 1 saturated heterocycles. The minimum Gasteiger partial charge on any atom is -0.497 e. The molecule has 2 aromatic rings. The van der Waals surface area contributed by atoms with Crippen LogP contribution < -0.4 is 4.74 Å². The summed E-state index contributed by atoms with van der Waals surface area (Å²) < 4.78 is 5.41. The Labute approximate surface area is 206 Å². The molecule has 0 bridgehead atoms. The lowest BCUT2D eigenvalue weighted by Crippen LogP contribution is -2.45. The molecule has 3 amide bonds. The number of nitrogens with zero attached hydrogens (tertiary/aromatic N) is 3. The zero-order chi connectivity index (χ0) is 24.6. The van der Waals surface area contributed by atoms with Crippen molar-refractivity contribution in [2.24, 2.45) is 0 Å². The summed E-state index contributed by atoms with van der Waals surface area (Å²) in [6, 6.07) is 7.19. The van der Waals surface area contributed by atoms with Crippen molar-refractivity contribution in [2.45, 2.75) is 82.2 Å². The SMILES string of the molecule is COc1cccc(C2(CC(=O)N(C)Cc3n[nH]c4c3CCCC4)CC(=O)N(C3CCCC3)C2=O)c1. The van der Waals surface area contributed by atoms with Crippen molar-refractivity contribution >= 4 is 17.7 Å². The number of aromatic amines is 1. The Hall–Kier alpha value is -3.16. The molecule has 35 heavy (non-hydrogen) atoms. The van der Waals surface area contributed by atoms with Crippen molar-refractivity contribution in [1.29, 1.82) is 0 Å². The lowest BCUT2D eigenvalue weighted by molar-refractivity contribution is -0.144. The van der Waals surface area contributed by atoms with Gasteiger partial charge in [-0.05, 0) is 61.8 Å². The molecule has 1 aliphatic heterocycles. The Morgan fingerprint density at radius 2 is 1.97 bits per heavy atom. The van der Waals surface area contributed by atoms with Gasteiger partial charge in [0.05, 0.1) is 24.8 Å². The summed E-state index contributed by atoms with van der Waals surface area (Å²) in [6.07, 6.45) is 7.90. The van der Waals surface area contributed by atoms with E-state index >= 15 is 0 Å². The third-order valence-corrected chi connectivity index (χ3v) is 8.07. The van der Waals surface area contributed by atoms with Crippen LogP contribution in [0.3, 0.4) is 0 Å². The molecule has 2 fully saturated rings. The second kappa shape index (κ2) is 9.47. The van der Waals surface area contributed by atoms with Crippen LogP contribution in [0, 0.1) is 0 Å². The number of aryl methyl sites for hydroxylation is 1. The highest BCUT2D eigenvalue weighted by molar-refractivity contribution is 6.11. The number of benzene rings is 1. The molecule has 8 nitrogen and oxygen atoms in total. The zero-order valence-corrected chi connectivity index (χ0v) is 20.6. The third-order valence-electron chi connectivity index (χ3n) is 8.07. The molecule has 1 aromatic heterocycles. The summed E-state index contributed by atoms with van der Waals surface area (Å²) >= 11 is 0. The van der Waals surface area contributed by atoms with Crippen LogP contribution in [0.25, 0.3) is 0 Å². The van der Waals surface area contributed by atoms with E-state index in [2.05, 4.69) is 10.2 Å². The second-order valence-electron chi connectivity index (χ2n) is 10.3. The lowest BCUT2D eigenvalue weighted by Gasteiger charge is -2.31. The number of likely N-dealkylation sites (tertiary alicyclic amines) is 1. The van der Waals surface area contributed by atoms with Gasteiger partial charge in [0.15, 0.2) is 0 Å². The molecule has 0 spiro atoms. The van der Waals surface area contributed by atoms with Crippen LogP contribution >= 0.6 is 0 Å². The monoisotopic (exact) mass is 478 g/mol. The Bertz CT molecular complexity index is 1140. The molecular weight excluding hydrogens is 444 g/mol. The summed E-state index contributed by atoms with van der Waals surface area (Å²) in [6.45, 7) is 0.382. The number of nitrogens with one attached hydrogen (secondary N) is 1. The number of ether oxygens (including phenoxy) is 1. The maximum absolute atomic E-state index is 14.0. The molecule has 1 saturated carbocycles. The Kier molecular flexibility index (Phi) is 6.38. The largest absolute Gasteiger partial charge is 0.497 e. The van der Waals surface area contributed by atoms with E-state index in [1.807, 2.05) is 18.2 Å². The number of fused-ring (bicyclic) bond motifs is 1. The normalized spacial score (nSPS) is 22.5. The molecule has 1 atom stereocenters. The Morgan fingerprint density at radius 1 is 1.20 bits per heavy atom. The number of rotatable bonds is 7. The number of imide groups is 1. The first kappa shape index (κ1) is 23.6. The molecule has 3 aliphatic rings. The fraction of sp³-hybridized carbons (Fsp3) is 0.556. The molecule has 1 N–H and O–H groups in total. The van der Waals surface area contributed by atoms with Crippen LogP contribution in [0.2, 0.25) is 0 Å². The van der Waals surface area contributed by atoms with E-state index in [1.165, 1.54) is 16.2 Å². The number of carbonyl (C=O) groups excluding carboxylic acids is 3. The first-order valence-electron chi connectivity index (χ1n) is 12.7. The van der Waals surface area contributed by atoms with Gasteiger partial charge in [0.2, 0.25) is 17.7 Å². The van der Waals surface area contributed by atoms with Crippen molar-refractivity contribution in [3.63, 3.8) is 0 Å². The molecule has 5 rings (SSSR count). The van der Waals surface area contributed by atoms with Gasteiger partial charge >= 0.3 is 0 Å². The summed E-state index contributed by atoms with van der Waals surface area (Å²) in [5.74, 6) is 0.00305. The first-order chi connectivity index (χ1) is 16.9. The standard InChI is InChI=1S/C27H34N4O4/c1-30(17-23-21-12-5-6-13-22(21)28-29-23)24(32)15-27(18-8-7-11-20(14-18)35-2)16-25(33)31(26(27)34)19-9-3-4-10-19/h7-8,11,14,19H,3-6,9-10,12-13,15-17H2,1-2H3,(H,28,29). The van der Waals surface area contributed by atoms with Crippen LogP contribution in [-0.2, 0) is 39.2 Å². The molecule has 2 heterocycles. The van der Waals surface area contributed by atoms with Gasteiger partial charge < -0.3 is 9.64 Å². The Balaban J connectivity index is 1.43. The number of amides is 3. The van der Waals surface area contributed by atoms with Crippen molar-refractivity contribution in [1.82, 2.24) is 20.0 Å². The number of aromatic nitrogens is 2. The zero-order valence-electron chi connectivity index (χ0n) is 20.6. The minimum absolute atomic E-state index is 0.00683. The molecule has 8 heteroatoms. The van der Waals surface area contributed by atoms with Crippen molar-refractivity contribution < 1.29 is 19.1 Å². The quantitative estimate of drug-likeness (QED) is 0.616. The molecule has 186 valence electrons. The number of hydrogen-bond acceptors (Lipinski definition) is 5. The van der Waals surface area contributed by atoms with E-state index in [-0.39, 0.29) is 36.6 Å². The van der Waals surface area contributed by atoms with Crippen molar-refractivity contribution in [2.75, 3.05) is 14.2 Å². The summed E-state index contributed by atoms with van der Waals surface area (Å²) in [4.78, 5) is 43.9. The van der Waals surface area contributed by atoms with Crippen LogP contribution in [-0.4, -0.2) is 57.9 Å². The van der Waals surface area contributed by atoms with E-state index in [1.54, 1.807) is 25.1 Å². The highest BCUT2D eigenvalue weighted by atomic mass is 16.5. The van der Waals surface area contributed by atoms with Crippen LogP contribution in [0.5, 0.6) is 5.75 Å². The van der Waals surface area contributed by atoms with Crippen molar-refractivity contribution in [3.8, 4) is 5.75 Å². The van der Waals surface area contributed by atoms with Gasteiger partial charge in [0.25, 0.3) is 0 Å². The maximum atomic E-state index is 14.0. The molecule has 0 radical (unpaired) electrons. The van der Waals surface area contributed by atoms with E-state index in [9.17, 15) is 14.4 Å². The lowest BCUT2D eigenvalue weighted by atomic mass is 9.75. The maximum Gasteiger partial charge on any atom is 0.241 e. The van der Waals surface area contributed by atoms with Gasteiger partial charge in [-0.15, -0.1) is 0 Å². The van der Waals surface area contributed by atoms with Gasteiger partial charge in [-0.25, -0.2) is 0 Å². The fourth-order valence-electron chi connectivity index (χ4n) is 6.07. The average Bonchev–Trinajstić information content (AvgIpc) is 3.59. The van der Waals surface area contributed by atoms with Gasteiger partial charge in [-0.3, -0.25) is 24.4 Å². The van der Waals surface area contributed by atoms with Gasteiger partial charge in [0, 0.05) is 31.6 Å². The number of H-pyrrole nitrogens is 1. The minimum atomic E-state index is -1.22. The van der Waals surface area contributed by atoms with E-state index in [0.717, 1.165) is 57.1 Å². The van der Waals surface area contributed by atoms with Crippen molar-refractivity contribution in [3.05, 3.63) is 46.8 Å². The summed E-state index contributed by atoms with van der Waals surface area (Å²) in [5, 5.41) is 7.61. The number of carbonyl (C=O) groups is 3. The highest BCUT2D eigenvalue weighted by Gasteiger charge is 2.56. The smallest absolute Gasteiger partial charge is 0.241 e. The van der Waals surface area contributed by atoms with Crippen LogP contribution in [0.4, 0.5) is 0 Å². The first-order valence-corrected chi connectivity index (χ1v) is 12.7. The topological polar surface area (TPSA) is 95.6 Å². The van der Waals surface area contributed by atoms with Crippen LogP contribution in [0.1, 0.15) is 73.9 Å². The van der Waals surface area contributed by atoms with Gasteiger partial charge in [-0.2, -0.15) is 5.10 Å². The highest BCUT2D eigenvalue weighted by Crippen LogP contribution is 2.44. The Morgan fingerprint density at radius 3 is 2.74 bits per heavy atom. The predicted octanol–water partition coefficient (Wildman–Crippen LogP) is 3.29. The predicted molar refractivity (Wildman–Crippen MR) is 130 cm³/mol. The summed E-state index contributed by atoms with van der Waals surface area (Å²) in [7, 11) is 3.32. The van der Waals surface area contributed by atoms with E-state index < -0.39 is 5.41 Å². The van der Waals surface area contributed by atoms with Crippen LogP contribution in [0.15, 0.2) is 24.3 Å². The van der Waals surface area contributed by atoms with Gasteiger partial charge in [0.1, 0.15) is 5.75 Å². The average molecular weight is 479 g/mol. The fourth-order valence-corrected chi connectivity index (χ4v) is 6.07. The van der Waals surface area contributed by atoms with Gasteiger partial charge in [-0.1, -0.05) is 25.0 Å². The summed E-state index contributed by atoms with van der Waals surface area (Å²) in [5.41, 5.74) is 2.73. The number of hydrogen-bond donors (Lipinski definition) is 1. The number of methoxy groups -OCH3 is 1. The molecular formula is C27H34N4O4. The second-order valence-corrected chi connectivity index (χ2v) is 10.3. The third kappa shape index (κ3) is 4.23. The van der Waals surface area contributed by atoms with E-state index in [0.29, 0.717) is 17.9 Å². The molecule has 2 aliphatic carbocycles. The van der Waals surface area contributed by atoms with E-state index in [4.69, 9.17) is 4.74 Å². The molecule has 1 aromatic carbocycles. The molecule has 1 unspecified atom stereocenters.